The Hall–Kier alpha value is -0.920. The third kappa shape index (κ3) is 6.97. The summed E-state index contributed by atoms with van der Waals surface area (Å²) in [5.74, 6) is 0.215. The minimum absolute atomic E-state index is 0.0473. The van der Waals surface area contributed by atoms with Crippen molar-refractivity contribution in [3.05, 3.63) is 11.6 Å². The van der Waals surface area contributed by atoms with Crippen LogP contribution in [-0.4, -0.2) is 11.6 Å². The number of hydrogen-bond donors (Lipinski definition) is 0. The third-order valence-corrected chi connectivity index (χ3v) is 1.32. The summed E-state index contributed by atoms with van der Waals surface area (Å²) in [5, 5.41) is 0. The highest BCUT2D eigenvalue weighted by Gasteiger charge is 1.95. The van der Waals surface area contributed by atoms with Crippen molar-refractivity contribution in [2.75, 3.05) is 0 Å². The van der Waals surface area contributed by atoms with Crippen LogP contribution < -0.4 is 0 Å². The van der Waals surface area contributed by atoms with E-state index in [1.54, 1.807) is 13.0 Å². The van der Waals surface area contributed by atoms with E-state index < -0.39 is 0 Å². The molecule has 0 bridgehead atoms. The van der Waals surface area contributed by atoms with Gasteiger partial charge in [-0.15, -0.1) is 0 Å². The van der Waals surface area contributed by atoms with E-state index in [0.29, 0.717) is 12.8 Å². The second kappa shape index (κ2) is 4.83. The summed E-state index contributed by atoms with van der Waals surface area (Å²) < 4.78 is 0. The van der Waals surface area contributed by atoms with E-state index in [-0.39, 0.29) is 11.6 Å². The van der Waals surface area contributed by atoms with Crippen molar-refractivity contribution in [1.29, 1.82) is 0 Å². The molecule has 0 amide bonds. The highest BCUT2D eigenvalue weighted by molar-refractivity contribution is 5.88. The Labute approximate surface area is 67.3 Å². The summed E-state index contributed by atoms with van der Waals surface area (Å²) in [6, 6.07) is 0. The van der Waals surface area contributed by atoms with Crippen molar-refractivity contribution in [3.63, 3.8) is 0 Å². The van der Waals surface area contributed by atoms with E-state index in [1.807, 2.05) is 6.92 Å². The summed E-state index contributed by atoms with van der Waals surface area (Å²) in [4.78, 5) is 21.1. The number of carbonyl (C=O) groups is 2. The Bertz CT molecular complexity index is 190. The summed E-state index contributed by atoms with van der Waals surface area (Å²) in [6.07, 6.45) is 2.81. The van der Waals surface area contributed by atoms with Gasteiger partial charge in [0.05, 0.1) is 0 Å². The van der Waals surface area contributed by atoms with Crippen LogP contribution in [-0.2, 0) is 9.59 Å². The lowest BCUT2D eigenvalue weighted by Gasteiger charge is -1.95. The zero-order chi connectivity index (χ0) is 8.85. The highest BCUT2D eigenvalue weighted by Crippen LogP contribution is 2.03. The average molecular weight is 154 g/mol. The number of Topliss-reactive ketones (excluding diaryl/α,β-unsaturated/α-hetero) is 1. The van der Waals surface area contributed by atoms with Gasteiger partial charge in [0.1, 0.15) is 5.78 Å². The second-order valence-corrected chi connectivity index (χ2v) is 2.80. The molecule has 0 saturated heterocycles. The molecule has 62 valence electrons. The smallest absolute Gasteiger partial charge is 0.152 e. The molecule has 0 aliphatic heterocycles. The van der Waals surface area contributed by atoms with Gasteiger partial charge >= 0.3 is 0 Å². The summed E-state index contributed by atoms with van der Waals surface area (Å²) in [5.41, 5.74) is 0.979. The lowest BCUT2D eigenvalue weighted by Crippen LogP contribution is -1.91. The molecular weight excluding hydrogens is 140 g/mol. The minimum atomic E-state index is 0.0473. The Balaban J connectivity index is 3.77. The molecule has 0 aromatic carbocycles. The number of allylic oxidation sites excluding steroid dienone is 2. The van der Waals surface area contributed by atoms with Crippen molar-refractivity contribution < 1.29 is 9.59 Å². The summed E-state index contributed by atoms with van der Waals surface area (Å²) in [7, 11) is 0. The molecular formula is C9H14O2. The lowest BCUT2D eigenvalue weighted by molar-refractivity contribution is -0.117. The minimum Gasteiger partial charge on any atom is -0.300 e. The molecule has 0 spiro atoms. The molecule has 0 atom stereocenters. The Morgan fingerprint density at radius 1 is 1.09 bits per heavy atom. The molecule has 0 aliphatic rings. The van der Waals surface area contributed by atoms with Crippen LogP contribution in [0.5, 0.6) is 0 Å². The van der Waals surface area contributed by atoms with Crippen LogP contribution in [0.3, 0.4) is 0 Å². The molecule has 0 N–H and O–H groups in total. The SMILES string of the molecule is CC(=O)C=C(C)CCC(C)=O. The van der Waals surface area contributed by atoms with Crippen LogP contribution in [0.25, 0.3) is 0 Å². The van der Waals surface area contributed by atoms with Crippen LogP contribution in [0.4, 0.5) is 0 Å². The van der Waals surface area contributed by atoms with Crippen LogP contribution in [0.2, 0.25) is 0 Å². The van der Waals surface area contributed by atoms with Crippen LogP contribution >= 0.6 is 0 Å². The number of rotatable bonds is 4. The standard InChI is InChI=1S/C9H14O2/c1-7(6-9(3)11)4-5-8(2)10/h6H,4-5H2,1-3H3. The van der Waals surface area contributed by atoms with Crippen LogP contribution in [0.1, 0.15) is 33.6 Å². The normalized spacial score (nSPS) is 11.4. The first-order valence-electron chi connectivity index (χ1n) is 3.69. The Kier molecular flexibility index (Phi) is 4.42. The van der Waals surface area contributed by atoms with Crippen LogP contribution in [0, 0.1) is 0 Å². The third-order valence-electron chi connectivity index (χ3n) is 1.32. The van der Waals surface area contributed by atoms with Gasteiger partial charge in [-0.3, -0.25) is 4.79 Å². The number of hydrogen-bond acceptors (Lipinski definition) is 2. The fourth-order valence-electron chi connectivity index (χ4n) is 0.792. The molecule has 0 aliphatic carbocycles. The lowest BCUT2D eigenvalue weighted by atomic mass is 10.1. The van der Waals surface area contributed by atoms with Gasteiger partial charge in [0.15, 0.2) is 5.78 Å². The van der Waals surface area contributed by atoms with Crippen molar-refractivity contribution in [1.82, 2.24) is 0 Å². The van der Waals surface area contributed by atoms with E-state index >= 15 is 0 Å². The molecule has 0 heterocycles. The van der Waals surface area contributed by atoms with E-state index in [1.165, 1.54) is 6.92 Å². The molecule has 0 aromatic rings. The molecule has 0 saturated carbocycles. The first-order chi connectivity index (χ1) is 5.02. The summed E-state index contributed by atoms with van der Waals surface area (Å²) >= 11 is 0. The van der Waals surface area contributed by atoms with Crippen LogP contribution in [0.15, 0.2) is 11.6 Å². The van der Waals surface area contributed by atoms with Gasteiger partial charge < -0.3 is 4.79 Å². The maximum atomic E-state index is 10.5. The maximum absolute atomic E-state index is 10.5. The number of ketones is 2. The largest absolute Gasteiger partial charge is 0.300 e. The molecule has 2 nitrogen and oxygen atoms in total. The van der Waals surface area contributed by atoms with Gasteiger partial charge in [-0.05, 0) is 33.3 Å². The molecule has 11 heavy (non-hydrogen) atoms. The zero-order valence-electron chi connectivity index (χ0n) is 7.31. The molecule has 0 rings (SSSR count). The van der Waals surface area contributed by atoms with E-state index in [9.17, 15) is 9.59 Å². The first-order valence-corrected chi connectivity index (χ1v) is 3.69. The Morgan fingerprint density at radius 2 is 1.64 bits per heavy atom. The van der Waals surface area contributed by atoms with Crippen molar-refractivity contribution in [2.45, 2.75) is 33.6 Å². The zero-order valence-corrected chi connectivity index (χ0v) is 7.31. The predicted octanol–water partition coefficient (Wildman–Crippen LogP) is 1.89. The van der Waals surface area contributed by atoms with Crippen molar-refractivity contribution >= 4 is 11.6 Å². The van der Waals surface area contributed by atoms with Gasteiger partial charge in [0.25, 0.3) is 0 Å². The van der Waals surface area contributed by atoms with Gasteiger partial charge in [-0.2, -0.15) is 0 Å². The monoisotopic (exact) mass is 154 g/mol. The fourth-order valence-corrected chi connectivity index (χ4v) is 0.792. The fraction of sp³-hybridized carbons (Fsp3) is 0.556. The molecule has 0 radical (unpaired) electrons. The van der Waals surface area contributed by atoms with Gasteiger partial charge in [-0.25, -0.2) is 0 Å². The second-order valence-electron chi connectivity index (χ2n) is 2.80. The number of carbonyl (C=O) groups excluding carboxylic acids is 2. The van der Waals surface area contributed by atoms with E-state index in [4.69, 9.17) is 0 Å². The molecule has 0 fully saturated rings. The van der Waals surface area contributed by atoms with Gasteiger partial charge in [-0.1, -0.05) is 5.57 Å². The first kappa shape index (κ1) is 10.1. The molecule has 0 unspecified atom stereocenters. The topological polar surface area (TPSA) is 34.1 Å². The highest BCUT2D eigenvalue weighted by atomic mass is 16.1. The average Bonchev–Trinajstić information content (AvgIpc) is 1.82. The maximum Gasteiger partial charge on any atom is 0.152 e. The van der Waals surface area contributed by atoms with Crippen molar-refractivity contribution in [3.8, 4) is 0 Å². The Morgan fingerprint density at radius 3 is 2.00 bits per heavy atom. The van der Waals surface area contributed by atoms with Crippen molar-refractivity contribution in [2.24, 2.45) is 0 Å². The summed E-state index contributed by atoms with van der Waals surface area (Å²) in [6.45, 7) is 4.93. The quantitative estimate of drug-likeness (QED) is 0.579. The van der Waals surface area contributed by atoms with E-state index in [0.717, 1.165) is 5.57 Å². The van der Waals surface area contributed by atoms with Gasteiger partial charge in [0, 0.05) is 6.42 Å². The molecule has 2 heteroatoms. The van der Waals surface area contributed by atoms with E-state index in [2.05, 4.69) is 0 Å². The predicted molar refractivity (Wildman–Crippen MR) is 44.4 cm³/mol. The molecule has 0 aromatic heterocycles. The van der Waals surface area contributed by atoms with Gasteiger partial charge in [0.2, 0.25) is 0 Å².